The summed E-state index contributed by atoms with van der Waals surface area (Å²) in [6, 6.07) is 6.03. The molecule has 1 aromatic carbocycles. The van der Waals surface area contributed by atoms with Crippen LogP contribution in [0.5, 0.6) is 5.75 Å². The Morgan fingerprint density at radius 3 is 2.65 bits per heavy atom. The van der Waals surface area contributed by atoms with E-state index in [4.69, 9.17) is 10.00 Å². The van der Waals surface area contributed by atoms with Crippen LogP contribution in [0.3, 0.4) is 0 Å². The molecule has 1 N–H and O–H groups in total. The molecule has 0 fully saturated rings. The van der Waals surface area contributed by atoms with Crippen molar-refractivity contribution in [3.63, 3.8) is 0 Å². The van der Waals surface area contributed by atoms with E-state index in [9.17, 15) is 0 Å². The van der Waals surface area contributed by atoms with Gasteiger partial charge in [0.15, 0.2) is 11.5 Å². The number of methoxy groups -OCH3 is 1. The average Bonchev–Trinajstić information content (AvgIpc) is 2.69. The lowest BCUT2D eigenvalue weighted by atomic mass is 10.1. The van der Waals surface area contributed by atoms with Crippen LogP contribution in [0.1, 0.15) is 16.8 Å². The lowest BCUT2D eigenvalue weighted by Crippen LogP contribution is -2.00. The summed E-state index contributed by atoms with van der Waals surface area (Å²) < 4.78 is 7.52. The van der Waals surface area contributed by atoms with Crippen LogP contribution in [0.25, 0.3) is 0 Å². The summed E-state index contributed by atoms with van der Waals surface area (Å²) >= 11 is 3.40. The van der Waals surface area contributed by atoms with Crippen molar-refractivity contribution in [3.8, 4) is 11.8 Å². The maximum absolute atomic E-state index is 9.08. The summed E-state index contributed by atoms with van der Waals surface area (Å²) in [5.41, 5.74) is 3.50. The topological polar surface area (TPSA) is 62.9 Å². The van der Waals surface area contributed by atoms with Gasteiger partial charge < -0.3 is 10.1 Å². The van der Waals surface area contributed by atoms with Gasteiger partial charge in [0, 0.05) is 18.3 Å². The Labute approximate surface area is 126 Å². The number of nitriles is 1. The van der Waals surface area contributed by atoms with Crippen LogP contribution in [0, 0.1) is 25.2 Å². The Morgan fingerprint density at radius 2 is 2.10 bits per heavy atom. The lowest BCUT2D eigenvalue weighted by molar-refractivity contribution is 0.412. The van der Waals surface area contributed by atoms with Gasteiger partial charge in [0.05, 0.1) is 11.6 Å². The first-order valence-electron chi connectivity index (χ1n) is 6.03. The fourth-order valence-electron chi connectivity index (χ4n) is 2.06. The van der Waals surface area contributed by atoms with Crippen molar-refractivity contribution in [3.05, 3.63) is 33.4 Å². The van der Waals surface area contributed by atoms with E-state index in [0.29, 0.717) is 16.0 Å². The number of ether oxygens (including phenoxy) is 1. The van der Waals surface area contributed by atoms with E-state index in [1.54, 1.807) is 14.2 Å². The van der Waals surface area contributed by atoms with Crippen molar-refractivity contribution in [2.45, 2.75) is 13.8 Å². The molecule has 5 nitrogen and oxygen atoms in total. The van der Waals surface area contributed by atoms with E-state index in [1.807, 2.05) is 26.0 Å². The Kier molecular flexibility index (Phi) is 4.00. The van der Waals surface area contributed by atoms with Crippen LogP contribution in [0.4, 0.5) is 11.5 Å². The molecule has 0 saturated carbocycles. The maximum atomic E-state index is 9.08. The predicted octanol–water partition coefficient (Wildman–Crippen LogP) is 3.42. The standard InChI is InChI=1S/C14H15BrN4O/c1-8-5-6-11(20-4)9(2)13(8)17-14-12(15)10(7-16)19(3)18-14/h5-6H,1-4H3,(H,17,18). The smallest absolute Gasteiger partial charge is 0.168 e. The van der Waals surface area contributed by atoms with Gasteiger partial charge in [-0.2, -0.15) is 10.4 Å². The Morgan fingerprint density at radius 1 is 1.40 bits per heavy atom. The van der Waals surface area contributed by atoms with Gasteiger partial charge in [-0.15, -0.1) is 0 Å². The van der Waals surface area contributed by atoms with Crippen molar-refractivity contribution in [1.82, 2.24) is 9.78 Å². The van der Waals surface area contributed by atoms with Crippen LogP contribution in [-0.4, -0.2) is 16.9 Å². The number of aromatic nitrogens is 2. The molecule has 0 amide bonds. The molecule has 0 saturated heterocycles. The van der Waals surface area contributed by atoms with Crippen molar-refractivity contribution < 1.29 is 4.74 Å². The maximum Gasteiger partial charge on any atom is 0.168 e. The SMILES string of the molecule is COc1ccc(C)c(Nc2nn(C)c(C#N)c2Br)c1C. The van der Waals surface area contributed by atoms with E-state index in [2.05, 4.69) is 32.4 Å². The highest BCUT2D eigenvalue weighted by Crippen LogP contribution is 2.34. The first-order valence-corrected chi connectivity index (χ1v) is 6.82. The van der Waals surface area contributed by atoms with E-state index in [-0.39, 0.29) is 0 Å². The summed E-state index contributed by atoms with van der Waals surface area (Å²) in [6.07, 6.45) is 0. The van der Waals surface area contributed by atoms with E-state index >= 15 is 0 Å². The number of hydrogen-bond acceptors (Lipinski definition) is 4. The van der Waals surface area contributed by atoms with Gasteiger partial charge >= 0.3 is 0 Å². The molecular formula is C14H15BrN4O. The third-order valence-electron chi connectivity index (χ3n) is 3.18. The minimum absolute atomic E-state index is 0.478. The third kappa shape index (κ3) is 2.37. The number of anilines is 2. The van der Waals surface area contributed by atoms with Crippen LogP contribution < -0.4 is 10.1 Å². The number of benzene rings is 1. The first kappa shape index (κ1) is 14.4. The summed E-state index contributed by atoms with van der Waals surface area (Å²) in [5, 5.41) is 16.7. The van der Waals surface area contributed by atoms with Crippen molar-refractivity contribution in [2.24, 2.45) is 7.05 Å². The number of nitrogens with zero attached hydrogens (tertiary/aromatic N) is 3. The predicted molar refractivity (Wildman–Crippen MR) is 81.4 cm³/mol. The number of nitrogens with one attached hydrogen (secondary N) is 1. The molecule has 0 aliphatic carbocycles. The Balaban J connectivity index is 2.48. The highest BCUT2D eigenvalue weighted by atomic mass is 79.9. The zero-order valence-corrected chi connectivity index (χ0v) is 13.4. The van der Waals surface area contributed by atoms with Crippen LogP contribution in [0.2, 0.25) is 0 Å². The molecule has 1 aromatic heterocycles. The second-order valence-corrected chi connectivity index (χ2v) is 5.25. The number of halogens is 1. The molecule has 0 spiro atoms. The van der Waals surface area contributed by atoms with Crippen LogP contribution >= 0.6 is 15.9 Å². The summed E-state index contributed by atoms with van der Waals surface area (Å²) in [7, 11) is 3.38. The molecule has 20 heavy (non-hydrogen) atoms. The molecule has 0 bridgehead atoms. The molecule has 1 heterocycles. The minimum Gasteiger partial charge on any atom is -0.496 e. The number of hydrogen-bond donors (Lipinski definition) is 1. The highest BCUT2D eigenvalue weighted by Gasteiger charge is 2.16. The van der Waals surface area contributed by atoms with Crippen molar-refractivity contribution in [2.75, 3.05) is 12.4 Å². The molecule has 2 rings (SSSR count). The number of rotatable bonds is 3. The van der Waals surface area contributed by atoms with Gasteiger partial charge in [0.2, 0.25) is 0 Å². The second-order valence-electron chi connectivity index (χ2n) is 4.46. The fraction of sp³-hybridized carbons (Fsp3) is 0.286. The molecule has 0 aliphatic heterocycles. The van der Waals surface area contributed by atoms with Gasteiger partial charge in [-0.3, -0.25) is 4.68 Å². The largest absolute Gasteiger partial charge is 0.496 e. The molecular weight excluding hydrogens is 320 g/mol. The molecule has 104 valence electrons. The van der Waals surface area contributed by atoms with E-state index in [0.717, 1.165) is 22.6 Å². The van der Waals surface area contributed by atoms with Crippen molar-refractivity contribution in [1.29, 1.82) is 5.26 Å². The van der Waals surface area contributed by atoms with Crippen LogP contribution in [0.15, 0.2) is 16.6 Å². The van der Waals surface area contributed by atoms with Gasteiger partial charge in [-0.05, 0) is 41.4 Å². The van der Waals surface area contributed by atoms with Crippen molar-refractivity contribution >= 4 is 27.4 Å². The van der Waals surface area contributed by atoms with Gasteiger partial charge in [0.1, 0.15) is 11.8 Å². The van der Waals surface area contributed by atoms with Crippen LogP contribution in [-0.2, 0) is 7.05 Å². The molecule has 0 unspecified atom stereocenters. The van der Waals surface area contributed by atoms with Gasteiger partial charge in [-0.25, -0.2) is 0 Å². The molecule has 0 aliphatic rings. The van der Waals surface area contributed by atoms with E-state index < -0.39 is 0 Å². The Hall–Kier alpha value is -2.00. The van der Waals surface area contributed by atoms with E-state index in [1.165, 1.54) is 4.68 Å². The molecule has 2 aromatic rings. The quantitative estimate of drug-likeness (QED) is 0.933. The minimum atomic E-state index is 0.478. The zero-order chi connectivity index (χ0) is 14.9. The normalized spacial score (nSPS) is 10.2. The molecule has 6 heteroatoms. The highest BCUT2D eigenvalue weighted by molar-refractivity contribution is 9.10. The molecule has 0 radical (unpaired) electrons. The van der Waals surface area contributed by atoms with Gasteiger partial charge in [0.25, 0.3) is 0 Å². The third-order valence-corrected chi connectivity index (χ3v) is 3.93. The average molecular weight is 335 g/mol. The second kappa shape index (κ2) is 5.55. The Bertz CT molecular complexity index is 700. The molecule has 0 atom stereocenters. The monoisotopic (exact) mass is 334 g/mol. The van der Waals surface area contributed by atoms with Gasteiger partial charge in [-0.1, -0.05) is 6.07 Å². The zero-order valence-electron chi connectivity index (χ0n) is 11.8. The lowest BCUT2D eigenvalue weighted by Gasteiger charge is -2.14. The summed E-state index contributed by atoms with van der Waals surface area (Å²) in [4.78, 5) is 0. The summed E-state index contributed by atoms with van der Waals surface area (Å²) in [6.45, 7) is 3.99. The summed E-state index contributed by atoms with van der Waals surface area (Å²) in [5.74, 6) is 1.43. The fourth-order valence-corrected chi connectivity index (χ4v) is 2.58. The first-order chi connectivity index (χ1) is 9.49. The number of aryl methyl sites for hydroxylation is 2.